The molecule has 3 aromatic carbocycles. The number of sulfone groups is 1. The van der Waals surface area contributed by atoms with Gasteiger partial charge in [0.1, 0.15) is 0 Å². The predicted octanol–water partition coefficient (Wildman–Crippen LogP) is 5.56. The first-order chi connectivity index (χ1) is 18.3. The average Bonchev–Trinajstić information content (AvgIpc) is 2.93. The van der Waals surface area contributed by atoms with Gasteiger partial charge in [0.05, 0.1) is 11.3 Å². The summed E-state index contributed by atoms with van der Waals surface area (Å²) in [7, 11) is -3.24. The number of rotatable bonds is 10. The largest absolute Gasteiger partial charge is 0.340 e. The zero-order valence-corrected chi connectivity index (χ0v) is 23.6. The molecule has 3 aromatic rings. The van der Waals surface area contributed by atoms with Crippen LogP contribution in [0.1, 0.15) is 55.7 Å². The third-order valence-corrected chi connectivity index (χ3v) is 9.04. The molecule has 0 spiro atoms. The maximum atomic E-state index is 13.2. The van der Waals surface area contributed by atoms with E-state index >= 15 is 0 Å². The van der Waals surface area contributed by atoms with Gasteiger partial charge in [-0.05, 0) is 61.9 Å². The Labute approximate surface area is 228 Å². The van der Waals surface area contributed by atoms with Crippen LogP contribution in [0.15, 0.2) is 89.8 Å². The molecule has 1 saturated heterocycles. The molecule has 0 aliphatic carbocycles. The molecule has 5 nitrogen and oxygen atoms in total. The molecule has 6 heteroatoms. The van der Waals surface area contributed by atoms with E-state index in [4.69, 9.17) is 0 Å². The topological polar surface area (TPSA) is 57.7 Å². The molecule has 0 aromatic heterocycles. The van der Waals surface area contributed by atoms with Crippen molar-refractivity contribution >= 4 is 15.7 Å². The van der Waals surface area contributed by atoms with Crippen molar-refractivity contribution in [3.05, 3.63) is 102 Å². The molecule has 1 aliphatic heterocycles. The van der Waals surface area contributed by atoms with Gasteiger partial charge >= 0.3 is 0 Å². The Balaban J connectivity index is 1.35. The summed E-state index contributed by atoms with van der Waals surface area (Å²) in [5, 5.41) is 0. The van der Waals surface area contributed by atoms with Gasteiger partial charge in [0.15, 0.2) is 9.84 Å². The van der Waals surface area contributed by atoms with Crippen LogP contribution in [-0.2, 0) is 21.1 Å². The Hall–Kier alpha value is -2.96. The standard InChI is InChI=1S/C32H40N2O3S/c1-4-34(32(35)24-26-15-17-30(18-16-26)38(3,36)37)29-19-21-33(22-20-29)25(2)23-31(27-11-7-5-8-12-27)28-13-9-6-10-14-28/h5-18,25,29,31H,4,19-24H2,1-3H3. The number of nitrogens with zero attached hydrogens (tertiary/aromatic N) is 2. The molecule has 0 radical (unpaired) electrons. The minimum atomic E-state index is -3.24. The number of piperidine rings is 1. The molecule has 38 heavy (non-hydrogen) atoms. The van der Waals surface area contributed by atoms with Crippen molar-refractivity contribution in [3.63, 3.8) is 0 Å². The lowest BCUT2D eigenvalue weighted by atomic mass is 9.85. The molecule has 1 amide bonds. The van der Waals surface area contributed by atoms with Crippen molar-refractivity contribution in [2.75, 3.05) is 25.9 Å². The van der Waals surface area contributed by atoms with Gasteiger partial charge in [-0.2, -0.15) is 0 Å². The minimum absolute atomic E-state index is 0.110. The number of carbonyl (C=O) groups excluding carboxylic acids is 1. The van der Waals surface area contributed by atoms with Crippen LogP contribution >= 0.6 is 0 Å². The molecule has 202 valence electrons. The van der Waals surface area contributed by atoms with Crippen molar-refractivity contribution in [2.24, 2.45) is 0 Å². The molecule has 1 unspecified atom stereocenters. The lowest BCUT2D eigenvalue weighted by Gasteiger charge is -2.41. The molecule has 1 atom stereocenters. The van der Waals surface area contributed by atoms with Crippen LogP contribution in [0.3, 0.4) is 0 Å². The van der Waals surface area contributed by atoms with E-state index in [1.165, 1.54) is 17.4 Å². The van der Waals surface area contributed by atoms with Crippen molar-refractivity contribution in [1.82, 2.24) is 9.80 Å². The lowest BCUT2D eigenvalue weighted by molar-refractivity contribution is -0.133. The Morgan fingerprint density at radius 2 is 1.42 bits per heavy atom. The van der Waals surface area contributed by atoms with E-state index in [9.17, 15) is 13.2 Å². The molecule has 1 heterocycles. The highest BCUT2D eigenvalue weighted by Gasteiger charge is 2.30. The highest BCUT2D eigenvalue weighted by atomic mass is 32.2. The third-order valence-electron chi connectivity index (χ3n) is 7.91. The van der Waals surface area contributed by atoms with Gasteiger partial charge in [0.2, 0.25) is 5.91 Å². The summed E-state index contributed by atoms with van der Waals surface area (Å²) in [4.78, 5) is 18.1. The number of carbonyl (C=O) groups is 1. The van der Waals surface area contributed by atoms with Gasteiger partial charge in [-0.3, -0.25) is 4.79 Å². The zero-order chi connectivity index (χ0) is 27.1. The number of hydrogen-bond donors (Lipinski definition) is 0. The number of benzene rings is 3. The summed E-state index contributed by atoms with van der Waals surface area (Å²) in [5.41, 5.74) is 3.56. The van der Waals surface area contributed by atoms with Crippen molar-refractivity contribution in [2.45, 2.75) is 62.4 Å². The van der Waals surface area contributed by atoms with Crippen LogP contribution in [0.4, 0.5) is 0 Å². The molecule has 0 N–H and O–H groups in total. The Morgan fingerprint density at radius 3 is 1.89 bits per heavy atom. The van der Waals surface area contributed by atoms with E-state index in [2.05, 4.69) is 72.5 Å². The van der Waals surface area contributed by atoms with E-state index in [0.29, 0.717) is 24.9 Å². The van der Waals surface area contributed by atoms with Gasteiger partial charge in [-0.25, -0.2) is 8.42 Å². The van der Waals surface area contributed by atoms with E-state index < -0.39 is 9.84 Å². The van der Waals surface area contributed by atoms with E-state index in [1.807, 2.05) is 11.8 Å². The summed E-state index contributed by atoms with van der Waals surface area (Å²) >= 11 is 0. The maximum absolute atomic E-state index is 13.2. The second-order valence-corrected chi connectivity index (χ2v) is 12.5. The quantitative estimate of drug-likeness (QED) is 0.343. The summed E-state index contributed by atoms with van der Waals surface area (Å²) in [6.07, 6.45) is 4.49. The van der Waals surface area contributed by atoms with Crippen LogP contribution < -0.4 is 0 Å². The predicted molar refractivity (Wildman–Crippen MR) is 154 cm³/mol. The van der Waals surface area contributed by atoms with Gasteiger partial charge in [0.25, 0.3) is 0 Å². The fourth-order valence-electron chi connectivity index (χ4n) is 5.73. The van der Waals surface area contributed by atoms with Crippen LogP contribution in [-0.4, -0.2) is 62.1 Å². The van der Waals surface area contributed by atoms with Gasteiger partial charge in [-0.1, -0.05) is 72.8 Å². The first kappa shape index (κ1) is 28.1. The first-order valence-electron chi connectivity index (χ1n) is 13.7. The Kier molecular flexibility index (Phi) is 9.40. The van der Waals surface area contributed by atoms with Crippen LogP contribution in [0.5, 0.6) is 0 Å². The Morgan fingerprint density at radius 1 is 0.895 bits per heavy atom. The molecular formula is C32H40N2O3S. The van der Waals surface area contributed by atoms with Crippen LogP contribution in [0.25, 0.3) is 0 Å². The molecule has 1 aliphatic rings. The highest BCUT2D eigenvalue weighted by Crippen LogP contribution is 2.31. The molecule has 0 bridgehead atoms. The fourth-order valence-corrected chi connectivity index (χ4v) is 6.36. The highest BCUT2D eigenvalue weighted by molar-refractivity contribution is 7.90. The molecular weight excluding hydrogens is 492 g/mol. The smallest absolute Gasteiger partial charge is 0.227 e. The number of likely N-dealkylation sites (N-methyl/N-ethyl adjacent to an activating group) is 1. The van der Waals surface area contributed by atoms with Crippen LogP contribution in [0.2, 0.25) is 0 Å². The van der Waals surface area contributed by atoms with E-state index in [-0.39, 0.29) is 16.8 Å². The lowest BCUT2D eigenvalue weighted by Crippen LogP contribution is -2.49. The summed E-state index contributed by atoms with van der Waals surface area (Å²) in [6, 6.07) is 28.9. The maximum Gasteiger partial charge on any atom is 0.227 e. The third kappa shape index (κ3) is 7.12. The fraction of sp³-hybridized carbons (Fsp3) is 0.406. The normalized spacial score (nSPS) is 15.9. The van der Waals surface area contributed by atoms with Gasteiger partial charge < -0.3 is 9.80 Å². The number of likely N-dealkylation sites (tertiary alicyclic amines) is 1. The summed E-state index contributed by atoms with van der Waals surface area (Å²) in [5.74, 6) is 0.465. The SMILES string of the molecule is CCN(C(=O)Cc1ccc(S(C)(=O)=O)cc1)C1CCN(C(C)CC(c2ccccc2)c2ccccc2)CC1. The first-order valence-corrected chi connectivity index (χ1v) is 15.6. The van der Waals surface area contributed by atoms with Crippen molar-refractivity contribution in [3.8, 4) is 0 Å². The summed E-state index contributed by atoms with van der Waals surface area (Å²) < 4.78 is 23.5. The van der Waals surface area contributed by atoms with Gasteiger partial charge in [-0.15, -0.1) is 0 Å². The number of amides is 1. The number of hydrogen-bond acceptors (Lipinski definition) is 4. The van der Waals surface area contributed by atoms with E-state index in [0.717, 1.165) is 37.9 Å². The summed E-state index contributed by atoms with van der Waals surface area (Å²) in [6.45, 7) is 7.03. The average molecular weight is 533 g/mol. The molecule has 0 saturated carbocycles. The van der Waals surface area contributed by atoms with E-state index in [1.54, 1.807) is 24.3 Å². The van der Waals surface area contributed by atoms with Crippen molar-refractivity contribution in [1.29, 1.82) is 0 Å². The molecule has 1 fully saturated rings. The second-order valence-electron chi connectivity index (χ2n) is 10.5. The second kappa shape index (κ2) is 12.7. The van der Waals surface area contributed by atoms with Gasteiger partial charge in [0, 0.05) is 43.9 Å². The monoisotopic (exact) mass is 532 g/mol. The molecule has 4 rings (SSSR count). The zero-order valence-electron chi connectivity index (χ0n) is 22.8. The minimum Gasteiger partial charge on any atom is -0.340 e. The Bertz CT molecular complexity index is 1230. The van der Waals surface area contributed by atoms with Crippen molar-refractivity contribution < 1.29 is 13.2 Å². The van der Waals surface area contributed by atoms with Crippen LogP contribution in [0, 0.1) is 0 Å².